The molecule has 2 heterocycles. The van der Waals surface area contributed by atoms with Gasteiger partial charge in [0, 0.05) is 28.4 Å². The van der Waals surface area contributed by atoms with Crippen LogP contribution in [-0.2, 0) is 0 Å². The van der Waals surface area contributed by atoms with Gasteiger partial charge in [-0.2, -0.15) is 4.98 Å². The molecule has 0 N–H and O–H groups in total. The third-order valence-electron chi connectivity index (χ3n) is 7.55. The number of ketones is 2. The minimum absolute atomic E-state index is 0.136. The van der Waals surface area contributed by atoms with Crippen molar-refractivity contribution in [3.05, 3.63) is 138 Å². The van der Waals surface area contributed by atoms with Gasteiger partial charge in [-0.3, -0.25) is 14.2 Å². The molecule has 0 radical (unpaired) electrons. The van der Waals surface area contributed by atoms with Gasteiger partial charge in [-0.1, -0.05) is 72.8 Å². The summed E-state index contributed by atoms with van der Waals surface area (Å²) < 4.78 is 8.17. The molecular weight excluding hydrogens is 496 g/mol. The predicted molar refractivity (Wildman–Crippen MR) is 157 cm³/mol. The molecule has 0 atom stereocenters. The van der Waals surface area contributed by atoms with Gasteiger partial charge in [0.1, 0.15) is 0 Å². The molecule has 5 nitrogen and oxygen atoms in total. The summed E-state index contributed by atoms with van der Waals surface area (Å²) in [6.45, 7) is 0. The number of hydrogen-bond acceptors (Lipinski definition) is 4. The average molecular weight is 517 g/mol. The zero-order valence-electron chi connectivity index (χ0n) is 21.2. The lowest BCUT2D eigenvalue weighted by molar-refractivity contribution is 0.0990. The van der Waals surface area contributed by atoms with Crippen LogP contribution in [0, 0.1) is 0 Å². The van der Waals surface area contributed by atoms with E-state index in [0.717, 1.165) is 32.8 Å². The zero-order chi connectivity index (χ0) is 26.8. The molecule has 40 heavy (non-hydrogen) atoms. The van der Waals surface area contributed by atoms with Crippen LogP contribution in [-0.4, -0.2) is 21.1 Å². The molecule has 0 unspecified atom stereocenters. The van der Waals surface area contributed by atoms with Crippen LogP contribution < -0.4 is 0 Å². The number of oxazole rings is 1. The van der Waals surface area contributed by atoms with Gasteiger partial charge in [-0.05, 0) is 64.0 Å². The average Bonchev–Trinajstić information content (AvgIpc) is 3.62. The number of carbonyl (C=O) groups is 2. The second-order valence-electron chi connectivity index (χ2n) is 9.97. The first-order valence-corrected chi connectivity index (χ1v) is 13.0. The van der Waals surface area contributed by atoms with Crippen molar-refractivity contribution in [3.63, 3.8) is 0 Å². The monoisotopic (exact) mass is 516 g/mol. The molecule has 0 saturated heterocycles. The highest BCUT2D eigenvalue weighted by Crippen LogP contribution is 2.35. The molecule has 8 rings (SSSR count). The highest BCUT2D eigenvalue weighted by Gasteiger charge is 2.34. The van der Waals surface area contributed by atoms with Crippen LogP contribution in [0.25, 0.3) is 56.0 Å². The molecule has 1 aliphatic rings. The molecule has 1 aliphatic carbocycles. The first-order valence-electron chi connectivity index (χ1n) is 13.0. The molecule has 5 heteroatoms. The van der Waals surface area contributed by atoms with Crippen LogP contribution in [0.3, 0.4) is 0 Å². The number of hydrogen-bond donors (Lipinski definition) is 0. The van der Waals surface area contributed by atoms with Crippen LogP contribution in [0.15, 0.2) is 125 Å². The smallest absolute Gasteiger partial charge is 0.228 e. The Balaban J connectivity index is 1.28. The molecule has 188 valence electrons. The van der Waals surface area contributed by atoms with Gasteiger partial charge in [-0.25, -0.2) is 0 Å². The van der Waals surface area contributed by atoms with E-state index in [1.807, 2.05) is 95.6 Å². The largest absolute Gasteiger partial charge is 0.434 e. The topological polar surface area (TPSA) is 65.1 Å². The first-order chi connectivity index (χ1) is 19.6. The number of benzene rings is 5. The third-order valence-corrected chi connectivity index (χ3v) is 7.55. The Bertz CT molecular complexity index is 2140. The van der Waals surface area contributed by atoms with Crippen molar-refractivity contribution in [1.82, 2.24) is 9.55 Å². The summed E-state index contributed by atoms with van der Waals surface area (Å²) in [6, 6.07) is 37.2. The molecule has 0 saturated carbocycles. The Morgan fingerprint density at radius 3 is 1.90 bits per heavy atom. The van der Waals surface area contributed by atoms with E-state index >= 15 is 0 Å². The quantitative estimate of drug-likeness (QED) is 0.176. The molecule has 5 aromatic carbocycles. The Hall–Kier alpha value is -5.55. The lowest BCUT2D eigenvalue weighted by Gasteiger charge is -2.07. The Morgan fingerprint density at radius 1 is 0.625 bits per heavy atom. The van der Waals surface area contributed by atoms with E-state index in [1.54, 1.807) is 6.08 Å². The van der Waals surface area contributed by atoms with E-state index in [0.29, 0.717) is 33.9 Å². The first kappa shape index (κ1) is 22.4. The van der Waals surface area contributed by atoms with Crippen LogP contribution >= 0.6 is 0 Å². The minimum Gasteiger partial charge on any atom is -0.434 e. The maximum Gasteiger partial charge on any atom is 0.228 e. The molecular formula is C35H20N2O3. The Labute approximate surface area is 228 Å². The van der Waals surface area contributed by atoms with Gasteiger partial charge in [-0.15, -0.1) is 0 Å². The molecule has 2 aromatic heterocycles. The molecule has 0 aliphatic heterocycles. The van der Waals surface area contributed by atoms with E-state index in [1.165, 1.54) is 0 Å². The lowest BCUT2D eigenvalue weighted by Crippen LogP contribution is -2.03. The number of nitrogens with zero attached hydrogens (tertiary/aromatic N) is 2. The number of Topliss-reactive ketones (excluding diaryl/α,β-unsaturated/α-hetero) is 2. The summed E-state index contributed by atoms with van der Waals surface area (Å²) in [5.74, 6) is -0.0345. The summed E-state index contributed by atoms with van der Waals surface area (Å²) >= 11 is 0. The van der Waals surface area contributed by atoms with Crippen molar-refractivity contribution in [3.8, 4) is 17.1 Å². The number of fused-ring (bicyclic) bond motifs is 4. The van der Waals surface area contributed by atoms with Crippen molar-refractivity contribution >= 4 is 50.4 Å². The second-order valence-corrected chi connectivity index (χ2v) is 9.97. The fraction of sp³-hybridized carbons (Fsp3) is 0. The Morgan fingerprint density at radius 2 is 1.23 bits per heavy atom. The van der Waals surface area contributed by atoms with Crippen LogP contribution in [0.5, 0.6) is 0 Å². The van der Waals surface area contributed by atoms with E-state index in [-0.39, 0.29) is 17.1 Å². The molecule has 0 amide bonds. The third kappa shape index (κ3) is 3.38. The van der Waals surface area contributed by atoms with Crippen LogP contribution in [0.4, 0.5) is 0 Å². The van der Waals surface area contributed by atoms with Crippen LogP contribution in [0.2, 0.25) is 0 Å². The van der Waals surface area contributed by atoms with Crippen molar-refractivity contribution in [2.45, 2.75) is 0 Å². The number of rotatable bonds is 3. The van der Waals surface area contributed by atoms with Gasteiger partial charge in [0.25, 0.3) is 0 Å². The van der Waals surface area contributed by atoms with E-state index in [9.17, 15) is 9.59 Å². The maximum atomic E-state index is 13.5. The standard InChI is InChI=1S/C35H20N2O3/c38-32-28-17-23-10-6-7-11-24(23)18-29(28)33(39)30(32)19-27-20-31-34(37(27)26-12-2-1-3-13-26)36-35(40-31)25-15-14-21-8-4-5-9-22(21)16-25/h1-20H. The Kier molecular flexibility index (Phi) is 4.76. The van der Waals surface area contributed by atoms with Gasteiger partial charge >= 0.3 is 0 Å². The van der Waals surface area contributed by atoms with Gasteiger partial charge in [0.05, 0.1) is 11.3 Å². The summed E-state index contributed by atoms with van der Waals surface area (Å²) in [4.78, 5) is 31.8. The van der Waals surface area contributed by atoms with Crippen LogP contribution in [0.1, 0.15) is 26.4 Å². The SMILES string of the molecule is O=C1C(=Cc2cc3oc(-c4ccc5ccccc5c4)nc3n2-c2ccccc2)C(=O)c2cc3ccccc3cc21. The van der Waals surface area contributed by atoms with Gasteiger partial charge in [0.15, 0.2) is 22.8 Å². The van der Waals surface area contributed by atoms with Gasteiger partial charge < -0.3 is 4.42 Å². The zero-order valence-corrected chi connectivity index (χ0v) is 21.2. The van der Waals surface area contributed by atoms with E-state index < -0.39 is 0 Å². The number of allylic oxidation sites excluding steroid dienone is 1. The van der Waals surface area contributed by atoms with Crippen molar-refractivity contribution in [2.24, 2.45) is 0 Å². The number of carbonyl (C=O) groups excluding carboxylic acids is 2. The van der Waals surface area contributed by atoms with Crippen molar-refractivity contribution in [1.29, 1.82) is 0 Å². The van der Waals surface area contributed by atoms with Crippen molar-refractivity contribution < 1.29 is 14.0 Å². The minimum atomic E-state index is -0.270. The maximum absolute atomic E-state index is 13.5. The van der Waals surface area contributed by atoms with Crippen molar-refractivity contribution in [2.75, 3.05) is 0 Å². The van der Waals surface area contributed by atoms with E-state index in [2.05, 4.69) is 24.3 Å². The molecule has 7 aromatic rings. The fourth-order valence-corrected chi connectivity index (χ4v) is 5.59. The second kappa shape index (κ2) is 8.48. The molecule has 0 spiro atoms. The summed E-state index contributed by atoms with van der Waals surface area (Å²) in [6.07, 6.45) is 1.66. The highest BCUT2D eigenvalue weighted by molar-refractivity contribution is 6.42. The predicted octanol–water partition coefficient (Wildman–Crippen LogP) is 8.05. The van der Waals surface area contributed by atoms with Gasteiger partial charge in [0.2, 0.25) is 5.89 Å². The fourth-order valence-electron chi connectivity index (χ4n) is 5.59. The molecule has 0 fully saturated rings. The summed E-state index contributed by atoms with van der Waals surface area (Å²) in [7, 11) is 0. The summed E-state index contributed by atoms with van der Waals surface area (Å²) in [5.41, 5.74) is 4.56. The highest BCUT2D eigenvalue weighted by atomic mass is 16.3. The molecule has 0 bridgehead atoms. The lowest BCUT2D eigenvalue weighted by atomic mass is 10.0. The number of para-hydroxylation sites is 1. The van der Waals surface area contributed by atoms with E-state index in [4.69, 9.17) is 9.40 Å². The normalized spacial score (nSPS) is 13.1. The summed E-state index contributed by atoms with van der Waals surface area (Å²) in [5, 5.41) is 4.10. The number of aromatic nitrogens is 2.